The van der Waals surface area contributed by atoms with Crippen molar-refractivity contribution in [2.24, 2.45) is 0 Å². The number of ether oxygens (including phenoxy) is 1. The number of aromatic nitrogens is 2. The molecule has 0 spiro atoms. The van der Waals surface area contributed by atoms with Crippen LogP contribution in [0, 0.1) is 6.92 Å². The highest BCUT2D eigenvalue weighted by Crippen LogP contribution is 2.31. The molecule has 2 heterocycles. The van der Waals surface area contributed by atoms with E-state index in [1.807, 2.05) is 0 Å². The van der Waals surface area contributed by atoms with E-state index in [1.165, 1.54) is 17.7 Å². The quantitative estimate of drug-likeness (QED) is 0.684. The molecule has 0 bridgehead atoms. The zero-order chi connectivity index (χ0) is 13.4. The van der Waals surface area contributed by atoms with Gasteiger partial charge in [-0.3, -0.25) is 14.3 Å². The Kier molecular flexibility index (Phi) is 3.00. The van der Waals surface area contributed by atoms with Gasteiger partial charge in [-0.05, 0) is 13.8 Å². The first-order valence-electron chi connectivity index (χ1n) is 5.49. The lowest BCUT2D eigenvalue weighted by atomic mass is 10.2. The van der Waals surface area contributed by atoms with Crippen LogP contribution in [0.1, 0.15) is 25.1 Å². The van der Waals surface area contributed by atoms with Crippen LogP contribution in [0.15, 0.2) is 27.3 Å². The molecule has 0 amide bonds. The maximum absolute atomic E-state index is 11.6. The SMILES string of the molecule is Cc1cn([C@H]2CC(O)=C([C@@H](C)O)O2)c(=O)[nH]c1=O. The summed E-state index contributed by atoms with van der Waals surface area (Å²) in [6.07, 6.45) is -0.261. The Morgan fingerprint density at radius 3 is 2.78 bits per heavy atom. The van der Waals surface area contributed by atoms with Crippen LogP contribution >= 0.6 is 0 Å². The molecule has 7 nitrogen and oxygen atoms in total. The van der Waals surface area contributed by atoms with Gasteiger partial charge in [0.15, 0.2) is 12.0 Å². The summed E-state index contributed by atoms with van der Waals surface area (Å²) >= 11 is 0. The maximum atomic E-state index is 11.6. The zero-order valence-electron chi connectivity index (χ0n) is 10.0. The molecular weight excluding hydrogens is 240 g/mol. The molecule has 0 saturated carbocycles. The van der Waals surface area contributed by atoms with Crippen molar-refractivity contribution in [3.63, 3.8) is 0 Å². The van der Waals surface area contributed by atoms with E-state index in [0.717, 1.165) is 0 Å². The number of hydrogen-bond donors (Lipinski definition) is 3. The highest BCUT2D eigenvalue weighted by atomic mass is 16.5. The minimum atomic E-state index is -0.949. The second-order valence-electron chi connectivity index (χ2n) is 4.24. The van der Waals surface area contributed by atoms with Gasteiger partial charge in [-0.25, -0.2) is 4.79 Å². The molecule has 98 valence electrons. The summed E-state index contributed by atoms with van der Waals surface area (Å²) in [5.74, 6) is -0.0403. The highest BCUT2D eigenvalue weighted by molar-refractivity contribution is 5.11. The van der Waals surface area contributed by atoms with E-state index >= 15 is 0 Å². The van der Waals surface area contributed by atoms with Crippen LogP contribution in [0.4, 0.5) is 0 Å². The van der Waals surface area contributed by atoms with Gasteiger partial charge in [0.05, 0.1) is 6.42 Å². The normalized spacial score (nSPS) is 20.9. The van der Waals surface area contributed by atoms with Crippen molar-refractivity contribution in [1.82, 2.24) is 9.55 Å². The smallest absolute Gasteiger partial charge is 0.331 e. The fourth-order valence-corrected chi connectivity index (χ4v) is 1.82. The molecule has 0 saturated heterocycles. The van der Waals surface area contributed by atoms with Crippen LogP contribution < -0.4 is 11.2 Å². The van der Waals surface area contributed by atoms with Crippen molar-refractivity contribution in [3.05, 3.63) is 44.1 Å². The van der Waals surface area contributed by atoms with Gasteiger partial charge in [-0.1, -0.05) is 0 Å². The molecule has 1 aliphatic heterocycles. The molecule has 0 aromatic carbocycles. The third-order valence-corrected chi connectivity index (χ3v) is 2.75. The molecule has 0 fully saturated rings. The molecule has 1 aromatic heterocycles. The van der Waals surface area contributed by atoms with Crippen LogP contribution in [0.5, 0.6) is 0 Å². The summed E-state index contributed by atoms with van der Waals surface area (Å²) in [4.78, 5) is 25.0. The number of hydrogen-bond acceptors (Lipinski definition) is 5. The van der Waals surface area contributed by atoms with Crippen LogP contribution in [-0.4, -0.2) is 25.9 Å². The van der Waals surface area contributed by atoms with Gasteiger partial charge >= 0.3 is 5.69 Å². The van der Waals surface area contributed by atoms with Crippen molar-refractivity contribution in [1.29, 1.82) is 0 Å². The number of aryl methyl sites for hydroxylation is 1. The fourth-order valence-electron chi connectivity index (χ4n) is 1.82. The third kappa shape index (κ3) is 2.04. The summed E-state index contributed by atoms with van der Waals surface area (Å²) in [6, 6.07) is 0. The van der Waals surface area contributed by atoms with E-state index in [4.69, 9.17) is 4.74 Å². The Labute approximate surface area is 102 Å². The number of H-pyrrole nitrogens is 1. The molecular formula is C11H14N2O5. The summed E-state index contributed by atoms with van der Waals surface area (Å²) in [5, 5.41) is 19.0. The fraction of sp³-hybridized carbons (Fsp3) is 0.455. The van der Waals surface area contributed by atoms with Gasteiger partial charge in [0, 0.05) is 11.8 Å². The molecule has 7 heteroatoms. The molecule has 2 atom stereocenters. The summed E-state index contributed by atoms with van der Waals surface area (Å²) in [7, 11) is 0. The highest BCUT2D eigenvalue weighted by Gasteiger charge is 2.30. The number of nitrogens with one attached hydrogen (secondary N) is 1. The van der Waals surface area contributed by atoms with Gasteiger partial charge in [0.25, 0.3) is 5.56 Å². The first kappa shape index (κ1) is 12.4. The van der Waals surface area contributed by atoms with Gasteiger partial charge in [0.2, 0.25) is 0 Å². The van der Waals surface area contributed by atoms with E-state index in [1.54, 1.807) is 6.92 Å². The Bertz CT molecular complexity index is 611. The Hall–Kier alpha value is -2.02. The molecule has 1 aliphatic rings. The average Bonchev–Trinajstić information content (AvgIpc) is 2.65. The molecule has 0 unspecified atom stereocenters. The monoisotopic (exact) mass is 254 g/mol. The first-order chi connectivity index (χ1) is 8.40. The van der Waals surface area contributed by atoms with Gasteiger partial charge in [0.1, 0.15) is 11.9 Å². The predicted molar refractivity (Wildman–Crippen MR) is 62.1 cm³/mol. The van der Waals surface area contributed by atoms with Gasteiger partial charge in [-0.2, -0.15) is 0 Å². The molecule has 2 rings (SSSR count). The third-order valence-electron chi connectivity index (χ3n) is 2.75. The summed E-state index contributed by atoms with van der Waals surface area (Å²) in [5.41, 5.74) is -0.708. The number of nitrogens with zero attached hydrogens (tertiary/aromatic N) is 1. The number of aromatic amines is 1. The van der Waals surface area contributed by atoms with Crippen LogP contribution in [0.2, 0.25) is 0 Å². The van der Waals surface area contributed by atoms with E-state index in [2.05, 4.69) is 4.98 Å². The minimum Gasteiger partial charge on any atom is -0.508 e. The molecule has 3 N–H and O–H groups in total. The van der Waals surface area contributed by atoms with Gasteiger partial charge in [-0.15, -0.1) is 0 Å². The van der Waals surface area contributed by atoms with E-state index in [-0.39, 0.29) is 17.9 Å². The summed E-state index contributed by atoms with van der Waals surface area (Å²) in [6.45, 7) is 3.02. The lowest BCUT2D eigenvalue weighted by molar-refractivity contribution is 0.0377. The Morgan fingerprint density at radius 1 is 1.56 bits per heavy atom. The van der Waals surface area contributed by atoms with Gasteiger partial charge < -0.3 is 14.9 Å². The lowest BCUT2D eigenvalue weighted by Crippen LogP contribution is -2.33. The van der Waals surface area contributed by atoms with Crippen molar-refractivity contribution in [2.45, 2.75) is 32.6 Å². The first-order valence-corrected chi connectivity index (χ1v) is 5.49. The predicted octanol–water partition coefficient (Wildman–Crippen LogP) is -0.0857. The lowest BCUT2D eigenvalue weighted by Gasteiger charge is -2.16. The maximum Gasteiger partial charge on any atom is 0.331 e. The van der Waals surface area contributed by atoms with Crippen molar-refractivity contribution < 1.29 is 14.9 Å². The standard InChI is InChI=1S/C11H14N2O5/c1-5-4-13(11(17)12-10(5)16)8-3-7(15)9(18-8)6(2)14/h4,6,8,14-15H,3H2,1-2H3,(H,12,16,17)/t6-,8-/m1/s1. The van der Waals surface area contributed by atoms with Crippen molar-refractivity contribution in [2.75, 3.05) is 0 Å². The second-order valence-corrected chi connectivity index (χ2v) is 4.24. The molecule has 1 aromatic rings. The number of aliphatic hydroxyl groups excluding tert-OH is 2. The van der Waals surface area contributed by atoms with E-state index in [0.29, 0.717) is 5.56 Å². The van der Waals surface area contributed by atoms with Crippen LogP contribution in [-0.2, 0) is 4.74 Å². The van der Waals surface area contributed by atoms with Crippen LogP contribution in [0.3, 0.4) is 0 Å². The number of aliphatic hydroxyl groups is 2. The Morgan fingerprint density at radius 2 is 2.22 bits per heavy atom. The van der Waals surface area contributed by atoms with Crippen molar-refractivity contribution in [3.8, 4) is 0 Å². The minimum absolute atomic E-state index is 0.0516. The average molecular weight is 254 g/mol. The molecule has 18 heavy (non-hydrogen) atoms. The second kappa shape index (κ2) is 4.34. The molecule has 0 aliphatic carbocycles. The zero-order valence-corrected chi connectivity index (χ0v) is 10.0. The topological polar surface area (TPSA) is 105 Å². The van der Waals surface area contributed by atoms with E-state index < -0.39 is 23.6 Å². The van der Waals surface area contributed by atoms with Crippen molar-refractivity contribution >= 4 is 0 Å². The Balaban J connectivity index is 2.35. The number of rotatable bonds is 2. The molecule has 0 radical (unpaired) electrons. The van der Waals surface area contributed by atoms with Crippen LogP contribution in [0.25, 0.3) is 0 Å². The van der Waals surface area contributed by atoms with E-state index in [9.17, 15) is 19.8 Å². The largest absolute Gasteiger partial charge is 0.508 e. The summed E-state index contributed by atoms with van der Waals surface area (Å²) < 4.78 is 6.50.